The minimum Gasteiger partial charge on any atom is -0.493 e. The third-order valence-corrected chi connectivity index (χ3v) is 3.72. The second-order valence-electron chi connectivity index (χ2n) is 6.04. The van der Waals surface area contributed by atoms with E-state index in [2.05, 4.69) is 15.6 Å². The van der Waals surface area contributed by atoms with Crippen LogP contribution in [0.3, 0.4) is 0 Å². The minimum atomic E-state index is -0.180. The molecule has 0 bridgehead atoms. The number of ether oxygens (including phenoxy) is 2. The van der Waals surface area contributed by atoms with E-state index in [0.29, 0.717) is 17.1 Å². The number of hydrogen-bond acceptors (Lipinski definition) is 5. The molecule has 0 radical (unpaired) electrons. The first kappa shape index (κ1) is 18.6. The van der Waals surface area contributed by atoms with E-state index in [4.69, 9.17) is 9.47 Å². The van der Waals surface area contributed by atoms with E-state index >= 15 is 0 Å². The molecule has 1 atom stereocenters. The van der Waals surface area contributed by atoms with Crippen LogP contribution in [0.25, 0.3) is 0 Å². The predicted octanol–water partition coefficient (Wildman–Crippen LogP) is 3.41. The number of carbonyl (C=O) groups is 1. The summed E-state index contributed by atoms with van der Waals surface area (Å²) in [4.78, 5) is 16.7. The highest BCUT2D eigenvalue weighted by Crippen LogP contribution is 2.29. The fraction of sp³-hybridized carbons (Fsp3) is 0.368. The lowest BCUT2D eigenvalue weighted by atomic mass is 10.1. The van der Waals surface area contributed by atoms with Crippen LogP contribution in [-0.2, 0) is 0 Å². The summed E-state index contributed by atoms with van der Waals surface area (Å²) < 4.78 is 10.5. The summed E-state index contributed by atoms with van der Waals surface area (Å²) in [6.07, 6.45) is 1.57. The molecule has 1 amide bonds. The molecular formula is C19H25N3O3. The van der Waals surface area contributed by atoms with Gasteiger partial charge in [0.2, 0.25) is 0 Å². The first-order chi connectivity index (χ1) is 11.9. The summed E-state index contributed by atoms with van der Waals surface area (Å²) in [6, 6.07) is 9.26. The van der Waals surface area contributed by atoms with Crippen LogP contribution >= 0.6 is 0 Å². The van der Waals surface area contributed by atoms with Gasteiger partial charge in [0, 0.05) is 12.2 Å². The number of rotatable bonds is 7. The summed E-state index contributed by atoms with van der Waals surface area (Å²) in [5, 5.41) is 6.16. The van der Waals surface area contributed by atoms with Crippen molar-refractivity contribution < 1.29 is 14.3 Å². The standard InChI is InChI=1S/C19H25N3O3/c1-12(2)21-18-9-7-15(11-20-18)19(23)22-13(3)14-6-8-16(24-4)17(10-14)25-5/h6-13H,1-5H3,(H,20,21)(H,22,23). The van der Waals surface area contributed by atoms with Crippen molar-refractivity contribution in [2.75, 3.05) is 19.5 Å². The van der Waals surface area contributed by atoms with Gasteiger partial charge in [-0.2, -0.15) is 0 Å². The van der Waals surface area contributed by atoms with Crippen LogP contribution in [0.1, 0.15) is 42.7 Å². The lowest BCUT2D eigenvalue weighted by Gasteiger charge is -2.17. The molecule has 0 saturated heterocycles. The van der Waals surface area contributed by atoms with E-state index in [9.17, 15) is 4.79 Å². The monoisotopic (exact) mass is 343 g/mol. The highest BCUT2D eigenvalue weighted by molar-refractivity contribution is 5.94. The van der Waals surface area contributed by atoms with E-state index in [0.717, 1.165) is 11.4 Å². The molecule has 0 fully saturated rings. The zero-order valence-electron chi connectivity index (χ0n) is 15.3. The van der Waals surface area contributed by atoms with Crippen LogP contribution in [0.15, 0.2) is 36.5 Å². The van der Waals surface area contributed by atoms with E-state index in [-0.39, 0.29) is 18.0 Å². The van der Waals surface area contributed by atoms with Gasteiger partial charge in [0.1, 0.15) is 5.82 Å². The van der Waals surface area contributed by atoms with E-state index in [1.165, 1.54) is 0 Å². The van der Waals surface area contributed by atoms with Gasteiger partial charge in [-0.05, 0) is 50.6 Å². The summed E-state index contributed by atoms with van der Waals surface area (Å²) in [7, 11) is 3.18. The molecule has 0 aliphatic rings. The first-order valence-electron chi connectivity index (χ1n) is 8.20. The van der Waals surface area contributed by atoms with E-state index in [1.807, 2.05) is 39.0 Å². The Hall–Kier alpha value is -2.76. The largest absolute Gasteiger partial charge is 0.493 e. The van der Waals surface area contributed by atoms with Gasteiger partial charge < -0.3 is 20.1 Å². The van der Waals surface area contributed by atoms with Gasteiger partial charge in [0.05, 0.1) is 25.8 Å². The maximum Gasteiger partial charge on any atom is 0.253 e. The maximum absolute atomic E-state index is 12.4. The van der Waals surface area contributed by atoms with E-state index in [1.54, 1.807) is 32.5 Å². The fourth-order valence-electron chi connectivity index (χ4n) is 2.39. The summed E-state index contributed by atoms with van der Waals surface area (Å²) in [6.45, 7) is 5.99. The Morgan fingerprint density at radius 2 is 1.76 bits per heavy atom. The zero-order valence-corrected chi connectivity index (χ0v) is 15.3. The van der Waals surface area contributed by atoms with Gasteiger partial charge in [0.25, 0.3) is 5.91 Å². The molecule has 0 saturated carbocycles. The molecule has 2 N–H and O–H groups in total. The van der Waals surface area contributed by atoms with Crippen LogP contribution in [0.2, 0.25) is 0 Å². The van der Waals surface area contributed by atoms with Crippen LogP contribution in [-0.4, -0.2) is 31.2 Å². The lowest BCUT2D eigenvalue weighted by Crippen LogP contribution is -2.26. The van der Waals surface area contributed by atoms with Crippen LogP contribution in [0, 0.1) is 0 Å². The molecule has 0 aliphatic carbocycles. The molecule has 1 aromatic carbocycles. The number of carbonyl (C=O) groups excluding carboxylic acids is 1. The number of hydrogen-bond donors (Lipinski definition) is 2. The zero-order chi connectivity index (χ0) is 18.4. The highest BCUT2D eigenvalue weighted by Gasteiger charge is 2.14. The quantitative estimate of drug-likeness (QED) is 0.806. The SMILES string of the molecule is COc1ccc(C(C)NC(=O)c2ccc(NC(C)C)nc2)cc1OC. The predicted molar refractivity (Wildman–Crippen MR) is 98.4 cm³/mol. The number of aromatic nitrogens is 1. The van der Waals surface area contributed by atoms with Gasteiger partial charge in [0.15, 0.2) is 11.5 Å². The third kappa shape index (κ3) is 4.86. The molecular weight excluding hydrogens is 318 g/mol. The number of benzene rings is 1. The maximum atomic E-state index is 12.4. The van der Waals surface area contributed by atoms with Crippen molar-refractivity contribution in [2.45, 2.75) is 32.9 Å². The summed E-state index contributed by atoms with van der Waals surface area (Å²) in [5.41, 5.74) is 1.44. The smallest absolute Gasteiger partial charge is 0.253 e. The number of anilines is 1. The molecule has 1 unspecified atom stereocenters. The van der Waals surface area contributed by atoms with Crippen molar-refractivity contribution in [1.82, 2.24) is 10.3 Å². The normalized spacial score (nSPS) is 11.8. The first-order valence-corrected chi connectivity index (χ1v) is 8.20. The Bertz CT molecular complexity index is 714. The van der Waals surface area contributed by atoms with Gasteiger partial charge in [-0.15, -0.1) is 0 Å². The summed E-state index contributed by atoms with van der Waals surface area (Å²) in [5.74, 6) is 1.86. The van der Waals surface area contributed by atoms with Crippen molar-refractivity contribution in [1.29, 1.82) is 0 Å². The Balaban J connectivity index is 2.06. The molecule has 1 aromatic heterocycles. The molecule has 6 nitrogen and oxygen atoms in total. The topological polar surface area (TPSA) is 72.5 Å². The second kappa shape index (κ2) is 8.37. The van der Waals surface area contributed by atoms with Crippen molar-refractivity contribution >= 4 is 11.7 Å². The minimum absolute atomic E-state index is 0.175. The number of pyridine rings is 1. The average molecular weight is 343 g/mol. The van der Waals surface area contributed by atoms with Gasteiger partial charge in [-0.3, -0.25) is 4.79 Å². The van der Waals surface area contributed by atoms with Gasteiger partial charge in [-0.1, -0.05) is 6.07 Å². The van der Waals surface area contributed by atoms with Crippen LogP contribution in [0.5, 0.6) is 11.5 Å². The number of methoxy groups -OCH3 is 2. The van der Waals surface area contributed by atoms with Crippen molar-refractivity contribution in [3.05, 3.63) is 47.7 Å². The third-order valence-electron chi connectivity index (χ3n) is 3.72. The highest BCUT2D eigenvalue weighted by atomic mass is 16.5. The molecule has 0 spiro atoms. The van der Waals surface area contributed by atoms with Crippen molar-refractivity contribution in [2.24, 2.45) is 0 Å². The Morgan fingerprint density at radius 3 is 2.32 bits per heavy atom. The van der Waals surface area contributed by atoms with Crippen molar-refractivity contribution in [3.8, 4) is 11.5 Å². The Kier molecular flexibility index (Phi) is 6.22. The second-order valence-corrected chi connectivity index (χ2v) is 6.04. The number of nitrogens with zero attached hydrogens (tertiary/aromatic N) is 1. The molecule has 134 valence electrons. The van der Waals surface area contributed by atoms with E-state index < -0.39 is 0 Å². The summed E-state index contributed by atoms with van der Waals surface area (Å²) >= 11 is 0. The molecule has 2 rings (SSSR count). The molecule has 25 heavy (non-hydrogen) atoms. The van der Waals surface area contributed by atoms with Crippen LogP contribution in [0.4, 0.5) is 5.82 Å². The Morgan fingerprint density at radius 1 is 1.04 bits per heavy atom. The van der Waals surface area contributed by atoms with Gasteiger partial charge in [-0.25, -0.2) is 4.98 Å². The average Bonchev–Trinajstić information content (AvgIpc) is 2.61. The molecule has 1 heterocycles. The molecule has 6 heteroatoms. The number of amides is 1. The molecule has 0 aliphatic heterocycles. The molecule has 2 aromatic rings. The van der Waals surface area contributed by atoms with Crippen molar-refractivity contribution in [3.63, 3.8) is 0 Å². The fourth-order valence-corrected chi connectivity index (χ4v) is 2.39. The van der Waals surface area contributed by atoms with Gasteiger partial charge >= 0.3 is 0 Å². The van der Waals surface area contributed by atoms with Crippen LogP contribution < -0.4 is 20.1 Å². The lowest BCUT2D eigenvalue weighted by molar-refractivity contribution is 0.0939. The number of nitrogens with one attached hydrogen (secondary N) is 2. The Labute approximate surface area is 148 Å².